The van der Waals surface area contributed by atoms with Crippen LogP contribution in [0.25, 0.3) is 55.1 Å². The number of carboxylic acids is 1. The number of hydrogen-bond acceptors (Lipinski definition) is 4. The van der Waals surface area contributed by atoms with E-state index in [0.717, 1.165) is 55.6 Å². The fraction of sp³-hybridized carbons (Fsp3) is 0.122. The second-order valence-electron chi connectivity index (χ2n) is 12.1. The molecular formula is C41H33ClN4O3S. The van der Waals surface area contributed by atoms with E-state index in [2.05, 4.69) is 33.8 Å². The number of carboxylic acid groups (broad SMARTS) is 1. The van der Waals surface area contributed by atoms with Crippen LogP contribution in [0.3, 0.4) is 0 Å². The van der Waals surface area contributed by atoms with Crippen molar-refractivity contribution in [2.75, 3.05) is 12.4 Å². The van der Waals surface area contributed by atoms with E-state index in [1.165, 1.54) is 10.3 Å². The minimum atomic E-state index is -1.01. The minimum Gasteiger partial charge on any atom is -0.493 e. The van der Waals surface area contributed by atoms with Crippen LogP contribution in [0, 0.1) is 0 Å². The first-order valence-corrected chi connectivity index (χ1v) is 17.9. The summed E-state index contributed by atoms with van der Waals surface area (Å²) in [5.74, 6) is 0.560. The van der Waals surface area contributed by atoms with Gasteiger partial charge in [-0.25, -0.2) is 9.78 Å². The Morgan fingerprint density at radius 3 is 2.50 bits per heavy atom. The molecule has 0 aliphatic heterocycles. The molecule has 0 unspecified atom stereocenters. The molecule has 0 amide bonds. The smallest absolute Gasteiger partial charge is 0.353 e. The summed E-state index contributed by atoms with van der Waals surface area (Å²) in [5.41, 5.74) is 5.12. The summed E-state index contributed by atoms with van der Waals surface area (Å²) >= 11 is 8.32. The zero-order chi connectivity index (χ0) is 34.0. The summed E-state index contributed by atoms with van der Waals surface area (Å²) in [6.45, 7) is 1.47. The van der Waals surface area contributed by atoms with Gasteiger partial charge in [0.05, 0.1) is 29.8 Å². The molecule has 0 aliphatic rings. The van der Waals surface area contributed by atoms with E-state index in [1.807, 2.05) is 108 Å². The molecule has 2 N–H and O–H groups in total. The predicted octanol–water partition coefficient (Wildman–Crippen LogP) is 10.4. The van der Waals surface area contributed by atoms with Gasteiger partial charge in [-0.05, 0) is 36.1 Å². The summed E-state index contributed by atoms with van der Waals surface area (Å²) in [7, 11) is 0. The third kappa shape index (κ3) is 6.01. The minimum absolute atomic E-state index is 0.204. The van der Waals surface area contributed by atoms with Crippen molar-refractivity contribution in [2.45, 2.75) is 24.4 Å². The summed E-state index contributed by atoms with van der Waals surface area (Å²) in [4.78, 5) is 22.8. The van der Waals surface area contributed by atoms with Crippen molar-refractivity contribution < 1.29 is 14.6 Å². The van der Waals surface area contributed by atoms with Crippen molar-refractivity contribution >= 4 is 61.9 Å². The number of thioether (sulfide) groups is 1. The highest BCUT2D eigenvalue weighted by molar-refractivity contribution is 7.99. The van der Waals surface area contributed by atoms with Crippen LogP contribution in [-0.4, -0.2) is 42.5 Å². The molecule has 0 bridgehead atoms. The Bertz CT molecular complexity index is 2480. The summed E-state index contributed by atoms with van der Waals surface area (Å²) in [5, 5.41) is 15.6. The molecular weight excluding hydrogens is 664 g/mol. The van der Waals surface area contributed by atoms with Crippen LogP contribution in [0.15, 0.2) is 133 Å². The lowest BCUT2D eigenvalue weighted by molar-refractivity contribution is 0.0686. The lowest BCUT2D eigenvalue weighted by Crippen LogP contribution is -2.13. The van der Waals surface area contributed by atoms with Crippen molar-refractivity contribution in [3.8, 4) is 28.3 Å². The van der Waals surface area contributed by atoms with Crippen molar-refractivity contribution in [1.82, 2.24) is 19.1 Å². The van der Waals surface area contributed by atoms with Gasteiger partial charge in [-0.15, -0.1) is 11.8 Å². The number of hydrogen-bond donors (Lipinski definition) is 2. The highest BCUT2D eigenvalue weighted by atomic mass is 35.5. The van der Waals surface area contributed by atoms with Gasteiger partial charge in [0.2, 0.25) is 0 Å². The van der Waals surface area contributed by atoms with Crippen LogP contribution in [0.1, 0.15) is 16.9 Å². The maximum absolute atomic E-state index is 13.3. The second-order valence-corrected chi connectivity index (χ2v) is 13.6. The van der Waals surface area contributed by atoms with Crippen molar-refractivity contribution in [1.29, 1.82) is 0 Å². The van der Waals surface area contributed by atoms with Crippen LogP contribution in [0.4, 0.5) is 0 Å². The molecule has 8 aromatic rings. The fourth-order valence-electron chi connectivity index (χ4n) is 6.78. The van der Waals surface area contributed by atoms with Gasteiger partial charge in [0, 0.05) is 67.8 Å². The molecule has 8 rings (SSSR count). The maximum atomic E-state index is 13.3. The number of fused-ring (bicyclic) bond motifs is 3. The molecule has 7 nitrogen and oxygen atoms in total. The first-order chi connectivity index (χ1) is 24.6. The van der Waals surface area contributed by atoms with Gasteiger partial charge < -0.3 is 24.0 Å². The van der Waals surface area contributed by atoms with E-state index in [-0.39, 0.29) is 5.69 Å². The van der Waals surface area contributed by atoms with Gasteiger partial charge in [0.25, 0.3) is 0 Å². The Morgan fingerprint density at radius 2 is 1.64 bits per heavy atom. The number of aromatic nitrogens is 4. The molecule has 0 radical (unpaired) electrons. The standard InChI is InChI=1S/C41H33ClN4O3S/c42-29-18-19-32-34(24-29)46(20-9-22-49-35-17-8-13-27-10-4-5-14-30(27)35)40(41(47)48)37(32)39-38(28-11-2-1-3-12-28)44-26-45(39)21-23-50-36-25-43-33-16-7-6-15-31(33)36/h1-8,10-19,24-26,43H,9,20-23H2,(H,47,48). The van der Waals surface area contributed by atoms with Gasteiger partial charge in [-0.2, -0.15) is 0 Å². The average Bonchev–Trinajstić information content (AvgIpc) is 3.84. The normalized spacial score (nSPS) is 11.5. The number of benzene rings is 5. The molecule has 3 heterocycles. The summed E-state index contributed by atoms with van der Waals surface area (Å²) < 4.78 is 10.2. The van der Waals surface area contributed by atoms with E-state index >= 15 is 0 Å². The van der Waals surface area contributed by atoms with Gasteiger partial charge in [-0.3, -0.25) is 0 Å². The summed E-state index contributed by atoms with van der Waals surface area (Å²) in [6.07, 6.45) is 4.46. The Morgan fingerprint density at radius 1 is 0.860 bits per heavy atom. The predicted molar refractivity (Wildman–Crippen MR) is 204 cm³/mol. The van der Waals surface area contributed by atoms with Gasteiger partial charge in [-0.1, -0.05) is 103 Å². The van der Waals surface area contributed by atoms with Crippen molar-refractivity contribution in [3.05, 3.63) is 139 Å². The lowest BCUT2D eigenvalue weighted by Gasteiger charge is -2.13. The number of imidazole rings is 1. The molecule has 0 saturated carbocycles. The molecule has 3 aromatic heterocycles. The zero-order valence-corrected chi connectivity index (χ0v) is 28.6. The number of halogens is 1. The number of aromatic amines is 1. The largest absolute Gasteiger partial charge is 0.493 e. The first-order valence-electron chi connectivity index (χ1n) is 16.5. The zero-order valence-electron chi connectivity index (χ0n) is 27.1. The van der Waals surface area contributed by atoms with E-state index < -0.39 is 5.97 Å². The Hall–Kier alpha value is -5.44. The monoisotopic (exact) mass is 696 g/mol. The SMILES string of the molecule is O=C(O)c1c(-c2c(-c3ccccc3)ncn2CCSc2c[nH]c3ccccc23)c2ccc(Cl)cc2n1CCCOc1cccc2ccccc12. The fourth-order valence-corrected chi connectivity index (χ4v) is 7.93. The number of aromatic carboxylic acids is 1. The highest BCUT2D eigenvalue weighted by Gasteiger charge is 2.28. The molecule has 248 valence electrons. The summed E-state index contributed by atoms with van der Waals surface area (Å²) in [6, 6.07) is 38.0. The van der Waals surface area contributed by atoms with E-state index in [0.29, 0.717) is 36.7 Å². The van der Waals surface area contributed by atoms with Crippen LogP contribution in [0.5, 0.6) is 5.75 Å². The van der Waals surface area contributed by atoms with Crippen LogP contribution >= 0.6 is 23.4 Å². The average molecular weight is 697 g/mol. The highest BCUT2D eigenvalue weighted by Crippen LogP contribution is 2.41. The van der Waals surface area contributed by atoms with Gasteiger partial charge >= 0.3 is 5.97 Å². The molecule has 0 atom stereocenters. The van der Waals surface area contributed by atoms with E-state index in [1.54, 1.807) is 11.8 Å². The number of nitrogens with zero attached hydrogens (tertiary/aromatic N) is 3. The van der Waals surface area contributed by atoms with Gasteiger partial charge in [0.15, 0.2) is 0 Å². The van der Waals surface area contributed by atoms with Crippen molar-refractivity contribution in [3.63, 3.8) is 0 Å². The number of H-pyrrole nitrogens is 1. The van der Waals surface area contributed by atoms with Crippen LogP contribution in [-0.2, 0) is 13.1 Å². The molecule has 0 aliphatic carbocycles. The number of rotatable bonds is 12. The third-order valence-corrected chi connectivity index (χ3v) is 10.3. The van der Waals surface area contributed by atoms with Crippen molar-refractivity contribution in [2.24, 2.45) is 0 Å². The van der Waals surface area contributed by atoms with Crippen LogP contribution in [0.2, 0.25) is 5.02 Å². The quantitative estimate of drug-likeness (QED) is 0.0981. The number of aryl methyl sites for hydroxylation is 2. The number of para-hydroxylation sites is 1. The topological polar surface area (TPSA) is 85.1 Å². The molecule has 0 saturated heterocycles. The number of nitrogens with one attached hydrogen (secondary N) is 1. The number of carbonyl (C=O) groups is 1. The second kappa shape index (κ2) is 13.8. The molecule has 9 heteroatoms. The Balaban J connectivity index is 1.17. The number of ether oxygens (including phenoxy) is 1. The molecule has 0 fully saturated rings. The lowest BCUT2D eigenvalue weighted by atomic mass is 10.0. The molecule has 50 heavy (non-hydrogen) atoms. The Kier molecular flexibility index (Phi) is 8.79. The first kappa shape index (κ1) is 31.8. The van der Waals surface area contributed by atoms with E-state index in [4.69, 9.17) is 21.3 Å². The third-order valence-electron chi connectivity index (χ3n) is 9.03. The van der Waals surface area contributed by atoms with Gasteiger partial charge in [0.1, 0.15) is 11.4 Å². The molecule has 0 spiro atoms. The van der Waals surface area contributed by atoms with E-state index in [9.17, 15) is 9.90 Å². The molecule has 5 aromatic carbocycles. The Labute approximate surface area is 298 Å². The van der Waals surface area contributed by atoms with Crippen LogP contribution < -0.4 is 4.74 Å². The maximum Gasteiger partial charge on any atom is 0.353 e.